The summed E-state index contributed by atoms with van der Waals surface area (Å²) >= 11 is 0. The number of benzene rings is 1. The molecule has 76 valence electrons. The van der Waals surface area contributed by atoms with Gasteiger partial charge in [-0.1, -0.05) is 12.1 Å². The van der Waals surface area contributed by atoms with Crippen molar-refractivity contribution >= 4 is 0 Å². The second-order valence-corrected chi connectivity index (χ2v) is 3.92. The maximum Gasteiger partial charge on any atom is 0.125 e. The summed E-state index contributed by atoms with van der Waals surface area (Å²) in [7, 11) is 0. The van der Waals surface area contributed by atoms with Crippen molar-refractivity contribution < 1.29 is 9.47 Å². The van der Waals surface area contributed by atoms with E-state index in [1.54, 1.807) is 0 Å². The van der Waals surface area contributed by atoms with Crippen LogP contribution in [-0.4, -0.2) is 19.3 Å². The molecule has 0 radical (unpaired) electrons. The van der Waals surface area contributed by atoms with Gasteiger partial charge in [-0.15, -0.1) is 0 Å². The topological polar surface area (TPSA) is 21.8 Å². The normalized spacial score (nSPS) is 19.5. The Morgan fingerprint density at radius 2 is 1.93 bits per heavy atom. The lowest BCUT2D eigenvalue weighted by atomic mass is 10.1. The predicted molar refractivity (Wildman–Crippen MR) is 55.9 cm³/mol. The van der Waals surface area contributed by atoms with Crippen LogP contribution in [0.5, 0.6) is 5.75 Å². The number of hydrogen-bond acceptors (Lipinski definition) is 2. The second kappa shape index (κ2) is 3.62. The lowest BCUT2D eigenvalue weighted by molar-refractivity contribution is 0.260. The molecule has 0 aliphatic carbocycles. The first-order chi connectivity index (χ1) is 6.68. The van der Waals surface area contributed by atoms with Crippen molar-refractivity contribution in [3.63, 3.8) is 0 Å². The minimum absolute atomic E-state index is 0.328. The van der Waals surface area contributed by atoms with Gasteiger partial charge in [-0.05, 0) is 37.5 Å². The van der Waals surface area contributed by atoms with Gasteiger partial charge in [0, 0.05) is 0 Å². The quantitative estimate of drug-likeness (QED) is 0.686. The minimum atomic E-state index is 0.328. The van der Waals surface area contributed by atoms with Gasteiger partial charge in [0.25, 0.3) is 0 Å². The number of ether oxygens (including phenoxy) is 2. The molecular weight excluding hydrogens is 176 g/mol. The molecule has 0 saturated carbocycles. The number of hydrogen-bond donors (Lipinski definition) is 0. The Morgan fingerprint density at radius 1 is 1.29 bits per heavy atom. The molecule has 0 aromatic heterocycles. The van der Waals surface area contributed by atoms with E-state index < -0.39 is 0 Å². The fraction of sp³-hybridized carbons (Fsp3) is 0.500. The molecule has 1 aliphatic heterocycles. The smallest absolute Gasteiger partial charge is 0.125 e. The molecule has 0 N–H and O–H groups in total. The Balaban J connectivity index is 2.16. The first-order valence-corrected chi connectivity index (χ1v) is 4.99. The largest absolute Gasteiger partial charge is 0.490 e. The summed E-state index contributed by atoms with van der Waals surface area (Å²) in [5, 5.41) is 0. The van der Waals surface area contributed by atoms with E-state index in [0.29, 0.717) is 12.7 Å². The Morgan fingerprint density at radius 3 is 2.57 bits per heavy atom. The molecule has 0 spiro atoms. The van der Waals surface area contributed by atoms with E-state index in [1.165, 1.54) is 16.7 Å². The van der Waals surface area contributed by atoms with E-state index in [0.717, 1.165) is 12.4 Å². The van der Waals surface area contributed by atoms with E-state index >= 15 is 0 Å². The Labute approximate surface area is 84.8 Å². The van der Waals surface area contributed by atoms with Crippen molar-refractivity contribution in [2.45, 2.75) is 26.9 Å². The third-order valence-electron chi connectivity index (χ3n) is 2.69. The van der Waals surface area contributed by atoms with E-state index in [4.69, 9.17) is 9.47 Å². The zero-order valence-corrected chi connectivity index (χ0v) is 8.96. The van der Waals surface area contributed by atoms with Crippen molar-refractivity contribution in [3.8, 4) is 5.75 Å². The molecule has 1 aliphatic rings. The van der Waals surface area contributed by atoms with Gasteiger partial charge in [0.05, 0.1) is 6.61 Å². The van der Waals surface area contributed by atoms with Gasteiger partial charge in [-0.3, -0.25) is 0 Å². The average Bonchev–Trinajstić information content (AvgIpc) is 2.95. The second-order valence-electron chi connectivity index (χ2n) is 3.92. The highest BCUT2D eigenvalue weighted by Crippen LogP contribution is 2.26. The van der Waals surface area contributed by atoms with Gasteiger partial charge in [0.15, 0.2) is 0 Å². The highest BCUT2D eigenvalue weighted by Gasteiger charge is 2.23. The van der Waals surface area contributed by atoms with Gasteiger partial charge < -0.3 is 9.47 Å². The standard InChI is InChI=1S/C12H16O2/c1-8-4-5-9(2)12(10(8)3)14-7-11-6-13-11/h4-5,11H,6-7H2,1-3H3. The molecule has 1 unspecified atom stereocenters. The Bertz CT molecular complexity index is 340. The Kier molecular flexibility index (Phi) is 2.46. The first-order valence-electron chi connectivity index (χ1n) is 4.99. The van der Waals surface area contributed by atoms with E-state index in [-0.39, 0.29) is 0 Å². The molecule has 1 aromatic carbocycles. The maximum absolute atomic E-state index is 5.75. The molecule has 2 nitrogen and oxygen atoms in total. The first kappa shape index (κ1) is 9.53. The molecule has 2 heteroatoms. The van der Waals surface area contributed by atoms with Gasteiger partial charge in [0.1, 0.15) is 18.5 Å². The number of epoxide rings is 1. The van der Waals surface area contributed by atoms with Crippen molar-refractivity contribution in [3.05, 3.63) is 28.8 Å². The number of rotatable bonds is 3. The summed E-state index contributed by atoms with van der Waals surface area (Å²) < 4.78 is 10.9. The van der Waals surface area contributed by atoms with Crippen LogP contribution in [0.1, 0.15) is 16.7 Å². The molecule has 1 fully saturated rings. The van der Waals surface area contributed by atoms with Crippen molar-refractivity contribution in [1.82, 2.24) is 0 Å². The fourth-order valence-electron chi connectivity index (χ4n) is 1.49. The molecule has 1 heterocycles. The summed E-state index contributed by atoms with van der Waals surface area (Å²) in [5.74, 6) is 1.03. The summed E-state index contributed by atoms with van der Waals surface area (Å²) in [6.07, 6.45) is 0.328. The van der Waals surface area contributed by atoms with E-state index in [2.05, 4.69) is 32.9 Å². The third kappa shape index (κ3) is 1.90. The van der Waals surface area contributed by atoms with Crippen molar-refractivity contribution in [2.75, 3.05) is 13.2 Å². The zero-order valence-electron chi connectivity index (χ0n) is 8.96. The number of aryl methyl sites for hydroxylation is 2. The van der Waals surface area contributed by atoms with Crippen LogP contribution >= 0.6 is 0 Å². The molecule has 14 heavy (non-hydrogen) atoms. The SMILES string of the molecule is Cc1ccc(C)c(OCC2CO2)c1C. The van der Waals surface area contributed by atoms with Gasteiger partial charge in [-0.25, -0.2) is 0 Å². The minimum Gasteiger partial charge on any atom is -0.490 e. The van der Waals surface area contributed by atoms with Crippen molar-refractivity contribution in [1.29, 1.82) is 0 Å². The van der Waals surface area contributed by atoms with Crippen LogP contribution in [0.2, 0.25) is 0 Å². The van der Waals surface area contributed by atoms with Gasteiger partial charge in [0.2, 0.25) is 0 Å². The van der Waals surface area contributed by atoms with Crippen molar-refractivity contribution in [2.24, 2.45) is 0 Å². The molecule has 0 amide bonds. The maximum atomic E-state index is 5.75. The van der Waals surface area contributed by atoms with E-state index in [1.807, 2.05) is 0 Å². The monoisotopic (exact) mass is 192 g/mol. The highest BCUT2D eigenvalue weighted by molar-refractivity contribution is 5.44. The summed E-state index contributed by atoms with van der Waals surface area (Å²) in [5.41, 5.74) is 3.72. The van der Waals surface area contributed by atoms with Crippen LogP contribution in [0, 0.1) is 20.8 Å². The van der Waals surface area contributed by atoms with Gasteiger partial charge >= 0.3 is 0 Å². The summed E-state index contributed by atoms with van der Waals surface area (Å²) in [4.78, 5) is 0. The molecule has 1 aromatic rings. The fourth-order valence-corrected chi connectivity index (χ4v) is 1.49. The zero-order chi connectivity index (χ0) is 10.1. The molecule has 1 saturated heterocycles. The lowest BCUT2D eigenvalue weighted by Crippen LogP contribution is -2.06. The third-order valence-corrected chi connectivity index (χ3v) is 2.69. The van der Waals surface area contributed by atoms with Crippen LogP contribution in [-0.2, 0) is 4.74 Å². The van der Waals surface area contributed by atoms with Crippen LogP contribution in [0.25, 0.3) is 0 Å². The van der Waals surface area contributed by atoms with Crippen LogP contribution in [0.3, 0.4) is 0 Å². The summed E-state index contributed by atoms with van der Waals surface area (Å²) in [6.45, 7) is 7.82. The van der Waals surface area contributed by atoms with Gasteiger partial charge in [-0.2, -0.15) is 0 Å². The molecule has 1 atom stereocenters. The Hall–Kier alpha value is -1.02. The van der Waals surface area contributed by atoms with E-state index in [9.17, 15) is 0 Å². The summed E-state index contributed by atoms with van der Waals surface area (Å²) in [6, 6.07) is 4.23. The van der Waals surface area contributed by atoms with Crippen LogP contribution < -0.4 is 4.74 Å². The lowest BCUT2D eigenvalue weighted by Gasteiger charge is -2.12. The molecular formula is C12H16O2. The molecule has 0 bridgehead atoms. The average molecular weight is 192 g/mol. The highest BCUT2D eigenvalue weighted by atomic mass is 16.6. The predicted octanol–water partition coefficient (Wildman–Crippen LogP) is 2.39. The molecule has 2 rings (SSSR count). The van der Waals surface area contributed by atoms with Crippen LogP contribution in [0.15, 0.2) is 12.1 Å². The van der Waals surface area contributed by atoms with Crippen LogP contribution in [0.4, 0.5) is 0 Å².